The molecule has 4 rings (SSSR count). The summed E-state index contributed by atoms with van der Waals surface area (Å²) in [6.45, 7) is 8.26. The highest BCUT2D eigenvalue weighted by Gasteiger charge is 2.21. The molecule has 0 aliphatic carbocycles. The average molecular weight is 465 g/mol. The molecule has 1 saturated heterocycles. The predicted octanol–water partition coefficient (Wildman–Crippen LogP) is 4.00. The predicted molar refractivity (Wildman–Crippen MR) is 130 cm³/mol. The minimum Gasteiger partial charge on any atom is -0.378 e. The van der Waals surface area contributed by atoms with Crippen LogP contribution in [0.15, 0.2) is 53.9 Å². The molecule has 3 aromatic rings. The number of rotatable bonds is 6. The van der Waals surface area contributed by atoms with Crippen molar-refractivity contribution < 1.29 is 14.3 Å². The highest BCUT2D eigenvalue weighted by atomic mass is 32.2. The number of carbonyl (C=O) groups excluding carboxylic acids is 2. The number of carbonyl (C=O) groups is 2. The Morgan fingerprint density at radius 1 is 1.09 bits per heavy atom. The molecule has 1 N–H and O–H groups in total. The largest absolute Gasteiger partial charge is 0.378 e. The van der Waals surface area contributed by atoms with E-state index in [1.54, 1.807) is 23.2 Å². The lowest BCUT2D eigenvalue weighted by Gasteiger charge is -2.27. The average Bonchev–Trinajstić information content (AvgIpc) is 3.27. The van der Waals surface area contributed by atoms with Gasteiger partial charge in [0.15, 0.2) is 5.16 Å². The van der Waals surface area contributed by atoms with Crippen LogP contribution in [0, 0.1) is 20.8 Å². The maximum Gasteiger partial charge on any atom is 0.254 e. The van der Waals surface area contributed by atoms with Gasteiger partial charge in [-0.3, -0.25) is 14.2 Å². The zero-order valence-electron chi connectivity index (χ0n) is 19.1. The lowest BCUT2D eigenvalue weighted by atomic mass is 10.1. The van der Waals surface area contributed by atoms with E-state index in [0.717, 1.165) is 16.4 Å². The van der Waals surface area contributed by atoms with Crippen molar-refractivity contribution in [3.63, 3.8) is 0 Å². The van der Waals surface area contributed by atoms with E-state index in [9.17, 15) is 9.59 Å². The van der Waals surface area contributed by atoms with Gasteiger partial charge in [-0.15, -0.1) is 0 Å². The van der Waals surface area contributed by atoms with E-state index in [4.69, 9.17) is 4.74 Å². The van der Waals surface area contributed by atoms with Gasteiger partial charge in [-0.05, 0) is 61.7 Å². The second-order valence-electron chi connectivity index (χ2n) is 8.15. The van der Waals surface area contributed by atoms with Gasteiger partial charge in [0.1, 0.15) is 0 Å². The van der Waals surface area contributed by atoms with Crippen molar-refractivity contribution in [2.75, 3.05) is 37.4 Å². The standard InChI is InChI=1S/C25H28N4O3S/c1-17-13-18(2)15-20(14-17)29-8-7-26-25(29)33-16-23(30)27-22-6-4-5-21(19(22)3)24(31)28-9-11-32-12-10-28/h4-8,13-15H,9-12,16H2,1-3H3,(H,27,30). The van der Waals surface area contributed by atoms with Gasteiger partial charge in [0.25, 0.3) is 5.91 Å². The molecule has 7 nitrogen and oxygen atoms in total. The Kier molecular flexibility index (Phi) is 7.15. The van der Waals surface area contributed by atoms with Gasteiger partial charge in [0, 0.05) is 42.4 Å². The summed E-state index contributed by atoms with van der Waals surface area (Å²) < 4.78 is 7.33. The number of amides is 2. The number of hydrogen-bond donors (Lipinski definition) is 1. The first kappa shape index (κ1) is 23.1. The molecule has 1 aliphatic heterocycles. The summed E-state index contributed by atoms with van der Waals surface area (Å²) in [7, 11) is 0. The molecule has 1 aromatic heterocycles. The summed E-state index contributed by atoms with van der Waals surface area (Å²) in [6, 6.07) is 11.7. The van der Waals surface area contributed by atoms with Crippen LogP contribution < -0.4 is 5.32 Å². The number of benzene rings is 2. The minimum atomic E-state index is -0.144. The van der Waals surface area contributed by atoms with Crippen molar-refractivity contribution in [1.82, 2.24) is 14.5 Å². The van der Waals surface area contributed by atoms with E-state index in [2.05, 4.69) is 42.3 Å². The third-order valence-electron chi connectivity index (χ3n) is 5.56. The third kappa shape index (κ3) is 5.46. The van der Waals surface area contributed by atoms with Crippen LogP contribution in [-0.4, -0.2) is 58.3 Å². The molecule has 0 radical (unpaired) electrons. The van der Waals surface area contributed by atoms with Crippen LogP contribution in [0.25, 0.3) is 5.69 Å². The van der Waals surface area contributed by atoms with Gasteiger partial charge in [-0.2, -0.15) is 0 Å². The molecule has 0 saturated carbocycles. The number of aryl methyl sites for hydroxylation is 2. The first-order valence-corrected chi connectivity index (χ1v) is 11.9. The van der Waals surface area contributed by atoms with Gasteiger partial charge in [0.05, 0.1) is 19.0 Å². The number of morpholine rings is 1. The SMILES string of the molecule is Cc1cc(C)cc(-n2ccnc2SCC(=O)Nc2cccc(C(=O)N3CCOCC3)c2C)c1. The van der Waals surface area contributed by atoms with Gasteiger partial charge in [-0.25, -0.2) is 4.98 Å². The smallest absolute Gasteiger partial charge is 0.254 e. The van der Waals surface area contributed by atoms with E-state index >= 15 is 0 Å². The normalized spacial score (nSPS) is 13.7. The van der Waals surface area contributed by atoms with Gasteiger partial charge in [0.2, 0.25) is 5.91 Å². The Bertz CT molecular complexity index is 1150. The summed E-state index contributed by atoms with van der Waals surface area (Å²) in [5.41, 5.74) is 5.40. The summed E-state index contributed by atoms with van der Waals surface area (Å²) in [5, 5.41) is 3.71. The number of imidazole rings is 1. The molecular formula is C25H28N4O3S. The monoisotopic (exact) mass is 464 g/mol. The maximum atomic E-state index is 12.9. The highest BCUT2D eigenvalue weighted by molar-refractivity contribution is 7.99. The molecule has 1 fully saturated rings. The number of anilines is 1. The van der Waals surface area contributed by atoms with Crippen molar-refractivity contribution in [2.24, 2.45) is 0 Å². The van der Waals surface area contributed by atoms with Crippen LogP contribution in [0.2, 0.25) is 0 Å². The van der Waals surface area contributed by atoms with Gasteiger partial charge >= 0.3 is 0 Å². The fourth-order valence-corrected chi connectivity index (χ4v) is 4.71. The van der Waals surface area contributed by atoms with Crippen molar-refractivity contribution in [3.05, 3.63) is 71.0 Å². The van der Waals surface area contributed by atoms with Crippen molar-refractivity contribution >= 4 is 29.3 Å². The molecule has 0 bridgehead atoms. The quantitative estimate of drug-likeness (QED) is 0.558. The van der Waals surface area contributed by atoms with E-state index in [-0.39, 0.29) is 17.6 Å². The second-order valence-corrected chi connectivity index (χ2v) is 9.09. The van der Waals surface area contributed by atoms with Crippen LogP contribution in [-0.2, 0) is 9.53 Å². The fourth-order valence-electron chi connectivity index (χ4n) is 3.94. The molecule has 2 heterocycles. The maximum absolute atomic E-state index is 12.9. The zero-order chi connectivity index (χ0) is 23.4. The zero-order valence-corrected chi connectivity index (χ0v) is 19.9. The molecule has 2 amide bonds. The van der Waals surface area contributed by atoms with Crippen molar-refractivity contribution in [2.45, 2.75) is 25.9 Å². The van der Waals surface area contributed by atoms with E-state index in [1.807, 2.05) is 23.8 Å². The van der Waals surface area contributed by atoms with Crippen molar-refractivity contribution in [1.29, 1.82) is 0 Å². The molecule has 0 unspecified atom stereocenters. The number of nitrogens with one attached hydrogen (secondary N) is 1. The number of ether oxygens (including phenoxy) is 1. The van der Waals surface area contributed by atoms with Crippen LogP contribution >= 0.6 is 11.8 Å². The van der Waals surface area contributed by atoms with Crippen LogP contribution in [0.5, 0.6) is 0 Å². The second kappa shape index (κ2) is 10.2. The fraction of sp³-hybridized carbons (Fsp3) is 0.320. The topological polar surface area (TPSA) is 76.5 Å². The number of hydrogen-bond acceptors (Lipinski definition) is 5. The van der Waals surface area contributed by atoms with Crippen LogP contribution in [0.1, 0.15) is 27.0 Å². The molecular weight excluding hydrogens is 436 g/mol. The molecule has 172 valence electrons. The first-order valence-electron chi connectivity index (χ1n) is 10.9. The Labute approximate surface area is 198 Å². The number of nitrogens with zero attached hydrogens (tertiary/aromatic N) is 3. The molecule has 8 heteroatoms. The Morgan fingerprint density at radius 3 is 2.55 bits per heavy atom. The Hall–Kier alpha value is -3.10. The Balaban J connectivity index is 1.42. The van der Waals surface area contributed by atoms with E-state index < -0.39 is 0 Å². The highest BCUT2D eigenvalue weighted by Crippen LogP contribution is 2.24. The molecule has 33 heavy (non-hydrogen) atoms. The summed E-state index contributed by atoms with van der Waals surface area (Å²) in [6.07, 6.45) is 3.64. The summed E-state index contributed by atoms with van der Waals surface area (Å²) in [5.74, 6) is 0.0360. The summed E-state index contributed by atoms with van der Waals surface area (Å²) >= 11 is 1.38. The molecule has 0 atom stereocenters. The molecule has 0 spiro atoms. The van der Waals surface area contributed by atoms with Crippen LogP contribution in [0.3, 0.4) is 0 Å². The number of aromatic nitrogens is 2. The third-order valence-corrected chi connectivity index (χ3v) is 6.53. The van der Waals surface area contributed by atoms with Gasteiger partial charge < -0.3 is 15.0 Å². The minimum absolute atomic E-state index is 0.0308. The first-order chi connectivity index (χ1) is 15.9. The van der Waals surface area contributed by atoms with E-state index in [1.165, 1.54) is 22.9 Å². The lowest BCUT2D eigenvalue weighted by Crippen LogP contribution is -2.41. The van der Waals surface area contributed by atoms with Gasteiger partial charge in [-0.1, -0.05) is 23.9 Å². The molecule has 2 aromatic carbocycles. The van der Waals surface area contributed by atoms with E-state index in [0.29, 0.717) is 37.6 Å². The molecule has 1 aliphatic rings. The Morgan fingerprint density at radius 2 is 1.82 bits per heavy atom. The van der Waals surface area contributed by atoms with Crippen LogP contribution in [0.4, 0.5) is 5.69 Å². The lowest BCUT2D eigenvalue weighted by molar-refractivity contribution is -0.113. The summed E-state index contributed by atoms with van der Waals surface area (Å²) in [4.78, 5) is 31.8. The number of thioether (sulfide) groups is 1. The van der Waals surface area contributed by atoms with Crippen molar-refractivity contribution in [3.8, 4) is 5.69 Å².